The van der Waals surface area contributed by atoms with Crippen molar-refractivity contribution in [1.82, 2.24) is 15.2 Å². The molecule has 0 aliphatic carbocycles. The zero-order valence-electron chi connectivity index (χ0n) is 13.3. The summed E-state index contributed by atoms with van der Waals surface area (Å²) < 4.78 is 24.0. The Morgan fingerprint density at radius 1 is 1.50 bits per heavy atom. The Morgan fingerprint density at radius 2 is 2.29 bits per heavy atom. The Hall–Kier alpha value is -2.26. The SMILES string of the molecule is CCOC(=O)c1ccc(F)c(COC[C@H]2CN(C(=O)O)CCN2)n1. The van der Waals surface area contributed by atoms with E-state index in [1.54, 1.807) is 6.92 Å². The molecule has 0 unspecified atom stereocenters. The van der Waals surface area contributed by atoms with Crippen molar-refractivity contribution in [2.75, 3.05) is 32.8 Å². The van der Waals surface area contributed by atoms with Gasteiger partial charge in [-0.3, -0.25) is 0 Å². The van der Waals surface area contributed by atoms with Gasteiger partial charge in [-0.1, -0.05) is 0 Å². The molecule has 8 nitrogen and oxygen atoms in total. The summed E-state index contributed by atoms with van der Waals surface area (Å²) in [5.41, 5.74) is 0.0242. The van der Waals surface area contributed by atoms with Gasteiger partial charge in [0.25, 0.3) is 0 Å². The number of rotatable bonds is 6. The van der Waals surface area contributed by atoms with Gasteiger partial charge in [0.05, 0.1) is 19.8 Å². The number of hydrogen-bond acceptors (Lipinski definition) is 6. The fourth-order valence-electron chi connectivity index (χ4n) is 2.31. The highest BCUT2D eigenvalue weighted by Crippen LogP contribution is 2.09. The van der Waals surface area contributed by atoms with Gasteiger partial charge in [0.1, 0.15) is 17.2 Å². The minimum atomic E-state index is -0.976. The Balaban J connectivity index is 1.88. The van der Waals surface area contributed by atoms with Crippen LogP contribution in [-0.4, -0.2) is 65.9 Å². The summed E-state index contributed by atoms with van der Waals surface area (Å²) in [5, 5.41) is 12.1. The van der Waals surface area contributed by atoms with Crippen molar-refractivity contribution in [3.8, 4) is 0 Å². The molecule has 1 aromatic heterocycles. The van der Waals surface area contributed by atoms with Gasteiger partial charge in [-0.25, -0.2) is 19.0 Å². The van der Waals surface area contributed by atoms with Crippen LogP contribution >= 0.6 is 0 Å². The largest absolute Gasteiger partial charge is 0.465 e. The first-order chi connectivity index (χ1) is 11.5. The second-order valence-corrected chi connectivity index (χ2v) is 5.24. The third-order valence-electron chi connectivity index (χ3n) is 3.49. The molecular formula is C15H20FN3O5. The highest BCUT2D eigenvalue weighted by atomic mass is 19.1. The predicted octanol–water partition coefficient (Wildman–Crippen LogP) is 0.866. The molecule has 24 heavy (non-hydrogen) atoms. The quantitative estimate of drug-likeness (QED) is 0.740. The average molecular weight is 341 g/mol. The maximum atomic E-state index is 13.8. The molecule has 1 saturated heterocycles. The van der Waals surface area contributed by atoms with E-state index < -0.39 is 17.9 Å². The Bertz CT molecular complexity index is 598. The van der Waals surface area contributed by atoms with Gasteiger partial charge in [-0.05, 0) is 19.1 Å². The lowest BCUT2D eigenvalue weighted by atomic mass is 10.2. The molecule has 2 heterocycles. The third-order valence-corrected chi connectivity index (χ3v) is 3.49. The lowest BCUT2D eigenvalue weighted by molar-refractivity contribution is 0.0515. The first-order valence-electron chi connectivity index (χ1n) is 7.62. The molecule has 1 atom stereocenters. The van der Waals surface area contributed by atoms with Crippen LogP contribution in [-0.2, 0) is 16.1 Å². The highest BCUT2D eigenvalue weighted by molar-refractivity contribution is 5.87. The van der Waals surface area contributed by atoms with Crippen LogP contribution < -0.4 is 5.32 Å². The number of pyridine rings is 1. The van der Waals surface area contributed by atoms with E-state index in [2.05, 4.69) is 10.3 Å². The normalized spacial score (nSPS) is 17.6. The number of hydrogen-bond donors (Lipinski definition) is 2. The standard InChI is InChI=1S/C15H20FN3O5/c1-2-24-14(20)12-4-3-11(16)13(18-12)9-23-8-10-7-19(15(21)22)6-5-17-10/h3-4,10,17H,2,5-9H2,1H3,(H,21,22)/t10-/m1/s1. The number of amides is 1. The third kappa shape index (κ3) is 4.87. The summed E-state index contributed by atoms with van der Waals surface area (Å²) in [6, 6.07) is 2.22. The number of halogens is 1. The zero-order valence-corrected chi connectivity index (χ0v) is 13.3. The number of aromatic nitrogens is 1. The van der Waals surface area contributed by atoms with Gasteiger partial charge in [-0.15, -0.1) is 0 Å². The Morgan fingerprint density at radius 3 is 3.00 bits per heavy atom. The second kappa shape index (κ2) is 8.55. The lowest BCUT2D eigenvalue weighted by Gasteiger charge is -2.31. The van der Waals surface area contributed by atoms with Crippen molar-refractivity contribution in [2.45, 2.75) is 19.6 Å². The van der Waals surface area contributed by atoms with Crippen LogP contribution in [0, 0.1) is 5.82 Å². The van der Waals surface area contributed by atoms with Crippen LogP contribution in [0.3, 0.4) is 0 Å². The van der Waals surface area contributed by atoms with Crippen molar-refractivity contribution < 1.29 is 28.6 Å². The van der Waals surface area contributed by atoms with E-state index in [4.69, 9.17) is 14.6 Å². The monoisotopic (exact) mass is 341 g/mol. The summed E-state index contributed by atoms with van der Waals surface area (Å²) in [6.07, 6.45) is -0.976. The molecule has 1 amide bonds. The maximum Gasteiger partial charge on any atom is 0.407 e. The van der Waals surface area contributed by atoms with E-state index in [0.29, 0.717) is 19.6 Å². The van der Waals surface area contributed by atoms with Gasteiger partial charge in [0, 0.05) is 25.7 Å². The van der Waals surface area contributed by atoms with Crippen LogP contribution in [0.25, 0.3) is 0 Å². The average Bonchev–Trinajstić information content (AvgIpc) is 2.57. The molecule has 0 aromatic carbocycles. The second-order valence-electron chi connectivity index (χ2n) is 5.24. The van der Waals surface area contributed by atoms with Crippen molar-refractivity contribution in [3.05, 3.63) is 29.3 Å². The topological polar surface area (TPSA) is 101 Å². The van der Waals surface area contributed by atoms with Crippen LogP contribution in [0.4, 0.5) is 9.18 Å². The molecule has 0 saturated carbocycles. The molecule has 9 heteroatoms. The van der Waals surface area contributed by atoms with Crippen molar-refractivity contribution in [3.63, 3.8) is 0 Å². The first kappa shape index (κ1) is 18.1. The van der Waals surface area contributed by atoms with Gasteiger partial charge in [-0.2, -0.15) is 0 Å². The van der Waals surface area contributed by atoms with E-state index in [9.17, 15) is 14.0 Å². The maximum absolute atomic E-state index is 13.8. The molecule has 1 aliphatic rings. The van der Waals surface area contributed by atoms with Crippen molar-refractivity contribution in [2.24, 2.45) is 0 Å². The summed E-state index contributed by atoms with van der Waals surface area (Å²) >= 11 is 0. The Labute approximate surface area is 138 Å². The number of esters is 1. The molecule has 1 fully saturated rings. The summed E-state index contributed by atoms with van der Waals surface area (Å²) in [6.45, 7) is 3.21. The minimum Gasteiger partial charge on any atom is -0.465 e. The molecule has 2 rings (SSSR count). The van der Waals surface area contributed by atoms with Gasteiger partial charge < -0.3 is 24.8 Å². The molecular weight excluding hydrogens is 321 g/mol. The number of carbonyl (C=O) groups excluding carboxylic acids is 1. The van der Waals surface area contributed by atoms with Crippen LogP contribution in [0.15, 0.2) is 12.1 Å². The van der Waals surface area contributed by atoms with Crippen molar-refractivity contribution >= 4 is 12.1 Å². The van der Waals surface area contributed by atoms with E-state index >= 15 is 0 Å². The van der Waals surface area contributed by atoms with E-state index in [-0.39, 0.29) is 37.3 Å². The lowest BCUT2D eigenvalue weighted by Crippen LogP contribution is -2.54. The van der Waals surface area contributed by atoms with Crippen LogP contribution in [0.2, 0.25) is 0 Å². The molecule has 1 aromatic rings. The molecule has 0 spiro atoms. The summed E-state index contributed by atoms with van der Waals surface area (Å²) in [5.74, 6) is -1.20. The number of nitrogens with zero attached hydrogens (tertiary/aromatic N) is 2. The number of carboxylic acid groups (broad SMARTS) is 1. The zero-order chi connectivity index (χ0) is 17.5. The van der Waals surface area contributed by atoms with Gasteiger partial charge >= 0.3 is 12.1 Å². The highest BCUT2D eigenvalue weighted by Gasteiger charge is 2.23. The molecule has 132 valence electrons. The molecule has 1 aliphatic heterocycles. The fourth-order valence-corrected chi connectivity index (χ4v) is 2.31. The first-order valence-corrected chi connectivity index (χ1v) is 7.62. The number of ether oxygens (including phenoxy) is 2. The van der Waals surface area contributed by atoms with Crippen molar-refractivity contribution in [1.29, 1.82) is 0 Å². The minimum absolute atomic E-state index is 0.00598. The molecule has 0 radical (unpaired) electrons. The van der Waals surface area contributed by atoms with Gasteiger partial charge in [0.2, 0.25) is 0 Å². The van der Waals surface area contributed by atoms with Crippen LogP contribution in [0.5, 0.6) is 0 Å². The summed E-state index contributed by atoms with van der Waals surface area (Å²) in [7, 11) is 0. The smallest absolute Gasteiger partial charge is 0.407 e. The number of nitrogens with one attached hydrogen (secondary N) is 1. The fraction of sp³-hybridized carbons (Fsp3) is 0.533. The Kier molecular flexibility index (Phi) is 6.44. The molecule has 2 N–H and O–H groups in total. The predicted molar refractivity (Wildman–Crippen MR) is 81.2 cm³/mol. The van der Waals surface area contributed by atoms with Gasteiger partial charge in [0.15, 0.2) is 0 Å². The van der Waals surface area contributed by atoms with Crippen LogP contribution in [0.1, 0.15) is 23.1 Å². The van der Waals surface area contributed by atoms with E-state index in [1.165, 1.54) is 11.0 Å². The number of piperazine rings is 1. The molecule has 0 bridgehead atoms. The number of carbonyl (C=O) groups is 2. The van der Waals surface area contributed by atoms with E-state index in [1.807, 2.05) is 0 Å². The summed E-state index contributed by atoms with van der Waals surface area (Å²) in [4.78, 5) is 27.8. The van der Waals surface area contributed by atoms with E-state index in [0.717, 1.165) is 6.07 Å².